The van der Waals surface area contributed by atoms with Crippen LogP contribution in [0.3, 0.4) is 0 Å². The van der Waals surface area contributed by atoms with Crippen molar-refractivity contribution in [1.82, 2.24) is 0 Å². The molecule has 108 valence electrons. The average Bonchev–Trinajstić information content (AvgIpc) is 2.55. The van der Waals surface area contributed by atoms with Gasteiger partial charge in [-0.2, -0.15) is 0 Å². The maximum absolute atomic E-state index is 2.27. The van der Waals surface area contributed by atoms with Crippen molar-refractivity contribution in [1.29, 1.82) is 0 Å². The highest BCUT2D eigenvalue weighted by molar-refractivity contribution is 5.92. The van der Waals surface area contributed by atoms with Gasteiger partial charge in [-0.15, -0.1) is 0 Å². The highest BCUT2D eigenvalue weighted by Crippen LogP contribution is 2.28. The van der Waals surface area contributed by atoms with Crippen LogP contribution in [-0.4, -0.2) is 0 Å². The number of hydrogen-bond donors (Lipinski definition) is 0. The van der Waals surface area contributed by atoms with Gasteiger partial charge in [-0.3, -0.25) is 0 Å². The first-order valence-electron chi connectivity index (χ1n) is 7.64. The van der Waals surface area contributed by atoms with Crippen molar-refractivity contribution in [2.75, 3.05) is 0 Å². The molecule has 3 aromatic rings. The predicted molar refractivity (Wildman–Crippen MR) is 95.8 cm³/mol. The summed E-state index contributed by atoms with van der Waals surface area (Å²) in [6.07, 6.45) is 2.27. The summed E-state index contributed by atoms with van der Waals surface area (Å²) < 4.78 is 0. The number of rotatable bonds is 3. The van der Waals surface area contributed by atoms with Crippen molar-refractivity contribution in [2.24, 2.45) is 0 Å². The first-order valence-corrected chi connectivity index (χ1v) is 7.64. The third-order valence-electron chi connectivity index (χ3n) is 3.87. The Bertz CT molecular complexity index is 781. The Morgan fingerprint density at radius 2 is 1.36 bits per heavy atom. The monoisotopic (exact) mass is 284 g/mol. The topological polar surface area (TPSA) is 0 Å². The number of hydrogen-bond acceptors (Lipinski definition) is 0. The Morgan fingerprint density at radius 3 is 2.00 bits per heavy atom. The molecular formula is C22H20. The Kier molecular flexibility index (Phi) is 4.20. The normalized spacial score (nSPS) is 11.5. The van der Waals surface area contributed by atoms with Gasteiger partial charge >= 0.3 is 0 Å². The molecule has 0 aliphatic carbocycles. The van der Waals surface area contributed by atoms with Gasteiger partial charge in [0, 0.05) is 0 Å². The van der Waals surface area contributed by atoms with Gasteiger partial charge in [0.05, 0.1) is 0 Å². The first kappa shape index (κ1) is 14.3. The first-order chi connectivity index (χ1) is 10.7. The van der Waals surface area contributed by atoms with Gasteiger partial charge in [0.1, 0.15) is 0 Å². The van der Waals surface area contributed by atoms with Crippen LogP contribution >= 0.6 is 0 Å². The van der Waals surface area contributed by atoms with Crippen molar-refractivity contribution >= 4 is 11.6 Å². The standard InChI is InChI=1S/C22H20/c1-17-13-14-21(18(2)15-17)22(20-11-7-4-8-12-20)16-19-9-5-3-6-10-19/h3-16H,1-2H3/b22-16-. The third kappa shape index (κ3) is 3.17. The van der Waals surface area contributed by atoms with Crippen molar-refractivity contribution in [2.45, 2.75) is 13.8 Å². The Hall–Kier alpha value is -2.60. The summed E-state index contributed by atoms with van der Waals surface area (Å²) in [4.78, 5) is 0. The minimum atomic E-state index is 1.22. The zero-order valence-corrected chi connectivity index (χ0v) is 13.1. The van der Waals surface area contributed by atoms with Gasteiger partial charge < -0.3 is 0 Å². The smallest absolute Gasteiger partial charge is 0.0103 e. The molecule has 0 saturated carbocycles. The quantitative estimate of drug-likeness (QED) is 0.526. The second-order valence-electron chi connectivity index (χ2n) is 5.65. The molecule has 0 fully saturated rings. The van der Waals surface area contributed by atoms with Gasteiger partial charge in [0.2, 0.25) is 0 Å². The van der Waals surface area contributed by atoms with Crippen LogP contribution in [0.15, 0.2) is 78.9 Å². The highest BCUT2D eigenvalue weighted by Gasteiger charge is 2.08. The highest BCUT2D eigenvalue weighted by atomic mass is 14.1. The lowest BCUT2D eigenvalue weighted by Crippen LogP contribution is -1.92. The second-order valence-corrected chi connectivity index (χ2v) is 5.65. The van der Waals surface area contributed by atoms with Crippen molar-refractivity contribution < 1.29 is 0 Å². The van der Waals surface area contributed by atoms with Crippen LogP contribution in [0.5, 0.6) is 0 Å². The van der Waals surface area contributed by atoms with E-state index in [1.165, 1.54) is 33.4 Å². The van der Waals surface area contributed by atoms with Crippen molar-refractivity contribution in [3.05, 3.63) is 107 Å². The molecule has 3 aromatic carbocycles. The van der Waals surface area contributed by atoms with Crippen molar-refractivity contribution in [3.8, 4) is 0 Å². The molecular weight excluding hydrogens is 264 g/mol. The summed E-state index contributed by atoms with van der Waals surface area (Å²) in [6, 6.07) is 27.8. The number of aryl methyl sites for hydroxylation is 2. The fourth-order valence-electron chi connectivity index (χ4n) is 2.77. The molecule has 0 aromatic heterocycles. The molecule has 0 heteroatoms. The largest absolute Gasteiger partial charge is 0.0622 e. The van der Waals surface area contributed by atoms with Gasteiger partial charge in [-0.05, 0) is 47.8 Å². The van der Waals surface area contributed by atoms with Crippen LogP contribution in [0, 0.1) is 13.8 Å². The van der Waals surface area contributed by atoms with E-state index in [0.717, 1.165) is 0 Å². The lowest BCUT2D eigenvalue weighted by atomic mass is 9.92. The van der Waals surface area contributed by atoms with E-state index in [1.54, 1.807) is 0 Å². The molecule has 0 amide bonds. The van der Waals surface area contributed by atoms with Crippen LogP contribution in [-0.2, 0) is 0 Å². The van der Waals surface area contributed by atoms with Crippen LogP contribution in [0.2, 0.25) is 0 Å². The minimum Gasteiger partial charge on any atom is -0.0622 e. The molecule has 0 bridgehead atoms. The summed E-state index contributed by atoms with van der Waals surface area (Å²) >= 11 is 0. The summed E-state index contributed by atoms with van der Waals surface area (Å²) in [7, 11) is 0. The lowest BCUT2D eigenvalue weighted by Gasteiger charge is -2.13. The van der Waals surface area contributed by atoms with E-state index in [0.29, 0.717) is 0 Å². The van der Waals surface area contributed by atoms with E-state index in [-0.39, 0.29) is 0 Å². The molecule has 22 heavy (non-hydrogen) atoms. The molecule has 0 radical (unpaired) electrons. The molecule has 0 N–H and O–H groups in total. The molecule has 0 nitrogen and oxygen atoms in total. The maximum Gasteiger partial charge on any atom is -0.0103 e. The van der Waals surface area contributed by atoms with E-state index in [4.69, 9.17) is 0 Å². The van der Waals surface area contributed by atoms with Crippen LogP contribution in [0.1, 0.15) is 27.8 Å². The Morgan fingerprint density at radius 1 is 0.727 bits per heavy atom. The molecule has 0 atom stereocenters. The molecule has 0 spiro atoms. The molecule has 3 rings (SSSR count). The third-order valence-corrected chi connectivity index (χ3v) is 3.87. The van der Waals surface area contributed by atoms with Gasteiger partial charge in [0.15, 0.2) is 0 Å². The summed E-state index contributed by atoms with van der Waals surface area (Å²) in [5, 5.41) is 0. The van der Waals surface area contributed by atoms with Crippen LogP contribution in [0.25, 0.3) is 11.6 Å². The van der Waals surface area contributed by atoms with Crippen LogP contribution in [0.4, 0.5) is 0 Å². The van der Waals surface area contributed by atoms with Crippen molar-refractivity contribution in [3.63, 3.8) is 0 Å². The minimum absolute atomic E-state index is 1.22. The zero-order chi connectivity index (χ0) is 15.4. The van der Waals surface area contributed by atoms with E-state index in [1.807, 2.05) is 0 Å². The molecule has 0 unspecified atom stereocenters. The Balaban J connectivity index is 2.17. The summed E-state index contributed by atoms with van der Waals surface area (Å²) in [5.41, 5.74) is 7.64. The molecule has 0 heterocycles. The SMILES string of the molecule is Cc1ccc(/C(=C\c2ccccc2)c2ccccc2)c(C)c1. The van der Waals surface area contributed by atoms with E-state index >= 15 is 0 Å². The zero-order valence-electron chi connectivity index (χ0n) is 13.1. The van der Waals surface area contributed by atoms with E-state index < -0.39 is 0 Å². The van der Waals surface area contributed by atoms with E-state index in [2.05, 4.69) is 98.8 Å². The number of benzene rings is 3. The summed E-state index contributed by atoms with van der Waals surface area (Å²) in [5.74, 6) is 0. The van der Waals surface area contributed by atoms with Gasteiger partial charge in [-0.25, -0.2) is 0 Å². The molecule has 0 saturated heterocycles. The predicted octanol–water partition coefficient (Wildman–Crippen LogP) is 5.89. The molecule has 0 aliphatic heterocycles. The van der Waals surface area contributed by atoms with Gasteiger partial charge in [0.25, 0.3) is 0 Å². The fourth-order valence-corrected chi connectivity index (χ4v) is 2.77. The van der Waals surface area contributed by atoms with Gasteiger partial charge in [-0.1, -0.05) is 84.4 Å². The van der Waals surface area contributed by atoms with E-state index in [9.17, 15) is 0 Å². The summed E-state index contributed by atoms with van der Waals surface area (Å²) in [6.45, 7) is 4.32. The average molecular weight is 284 g/mol. The second kappa shape index (κ2) is 6.44. The van der Waals surface area contributed by atoms with Crippen LogP contribution < -0.4 is 0 Å². The lowest BCUT2D eigenvalue weighted by molar-refractivity contribution is 1.35. The Labute approximate surface area is 132 Å². The maximum atomic E-state index is 2.27. The fraction of sp³-hybridized carbons (Fsp3) is 0.0909. The molecule has 0 aliphatic rings.